The fourth-order valence-electron chi connectivity index (χ4n) is 3.15. The summed E-state index contributed by atoms with van der Waals surface area (Å²) in [6.07, 6.45) is 6.17. The first-order valence-electron chi connectivity index (χ1n) is 7.95. The molecular formula is C17H25ClN4O. The van der Waals surface area contributed by atoms with Crippen molar-refractivity contribution in [3.63, 3.8) is 0 Å². The maximum absolute atomic E-state index is 12.4. The summed E-state index contributed by atoms with van der Waals surface area (Å²) in [4.78, 5) is 12.4. The summed E-state index contributed by atoms with van der Waals surface area (Å²) in [5.41, 5.74) is 7.16. The molecule has 1 aromatic carbocycles. The zero-order valence-electron chi connectivity index (χ0n) is 13.5. The van der Waals surface area contributed by atoms with Crippen LogP contribution in [0, 0.1) is 5.92 Å². The van der Waals surface area contributed by atoms with E-state index in [2.05, 4.69) is 5.32 Å². The SMILES string of the molecule is CN(N)/C(=C\N)CC(=O)NC(c1cccc(Cl)c1)C1CCCC1. The van der Waals surface area contributed by atoms with Crippen molar-refractivity contribution in [1.82, 2.24) is 10.3 Å². The second-order valence-electron chi connectivity index (χ2n) is 6.09. The predicted molar refractivity (Wildman–Crippen MR) is 93.1 cm³/mol. The monoisotopic (exact) mass is 336 g/mol. The number of hydrogen-bond acceptors (Lipinski definition) is 4. The second kappa shape index (κ2) is 8.22. The van der Waals surface area contributed by atoms with Crippen molar-refractivity contribution in [3.8, 4) is 0 Å². The van der Waals surface area contributed by atoms with Gasteiger partial charge in [-0.15, -0.1) is 0 Å². The Morgan fingerprint density at radius 1 is 1.48 bits per heavy atom. The Morgan fingerprint density at radius 3 is 2.74 bits per heavy atom. The Hall–Kier alpha value is -1.72. The van der Waals surface area contributed by atoms with Crippen LogP contribution in [-0.4, -0.2) is 18.0 Å². The van der Waals surface area contributed by atoms with Gasteiger partial charge in [-0.1, -0.05) is 36.6 Å². The fraction of sp³-hybridized carbons (Fsp3) is 0.471. The van der Waals surface area contributed by atoms with Gasteiger partial charge in [-0.05, 0) is 36.5 Å². The van der Waals surface area contributed by atoms with E-state index in [9.17, 15) is 4.79 Å². The Balaban J connectivity index is 2.13. The number of benzene rings is 1. The van der Waals surface area contributed by atoms with Crippen LogP contribution in [0.1, 0.15) is 43.7 Å². The van der Waals surface area contributed by atoms with Crippen molar-refractivity contribution >= 4 is 17.5 Å². The summed E-state index contributed by atoms with van der Waals surface area (Å²) in [5, 5.41) is 5.19. The van der Waals surface area contributed by atoms with Gasteiger partial charge in [-0.25, -0.2) is 5.84 Å². The van der Waals surface area contributed by atoms with E-state index in [0.717, 1.165) is 18.4 Å². The van der Waals surface area contributed by atoms with Crippen molar-refractivity contribution < 1.29 is 4.79 Å². The third-order valence-corrected chi connectivity index (χ3v) is 4.62. The molecule has 1 aromatic rings. The summed E-state index contributed by atoms with van der Waals surface area (Å²) in [6.45, 7) is 0. The number of hydrogen-bond donors (Lipinski definition) is 3. The van der Waals surface area contributed by atoms with Gasteiger partial charge in [0.05, 0.1) is 18.2 Å². The minimum absolute atomic E-state index is 0.0224. The lowest BCUT2D eigenvalue weighted by Gasteiger charge is -2.26. The van der Waals surface area contributed by atoms with Crippen LogP contribution in [0.3, 0.4) is 0 Å². The number of amides is 1. The van der Waals surface area contributed by atoms with Gasteiger partial charge in [0.25, 0.3) is 0 Å². The van der Waals surface area contributed by atoms with Crippen LogP contribution < -0.4 is 16.9 Å². The maximum atomic E-state index is 12.4. The number of nitrogens with two attached hydrogens (primary N) is 2. The van der Waals surface area contributed by atoms with Crippen LogP contribution in [0.5, 0.6) is 0 Å². The van der Waals surface area contributed by atoms with Gasteiger partial charge in [0, 0.05) is 18.3 Å². The summed E-state index contributed by atoms with van der Waals surface area (Å²) >= 11 is 6.12. The molecule has 1 fully saturated rings. The summed E-state index contributed by atoms with van der Waals surface area (Å²) < 4.78 is 0. The molecule has 0 aromatic heterocycles. The standard InChI is InChI=1S/C17H25ClN4O/c1-22(20)15(11-19)10-16(23)21-17(12-5-2-3-6-12)13-7-4-8-14(18)9-13/h4,7-9,11-12,17H,2-3,5-6,10,19-20H2,1H3,(H,21,23)/b15-11-. The van der Waals surface area contributed by atoms with Gasteiger partial charge in [0.2, 0.25) is 5.91 Å². The molecule has 6 heteroatoms. The minimum atomic E-state index is -0.0872. The van der Waals surface area contributed by atoms with Crippen LogP contribution in [0.15, 0.2) is 36.2 Å². The molecule has 0 radical (unpaired) electrons. The summed E-state index contributed by atoms with van der Waals surface area (Å²) in [5.74, 6) is 6.02. The zero-order valence-corrected chi connectivity index (χ0v) is 14.2. The number of carbonyl (C=O) groups is 1. The van der Waals surface area contributed by atoms with E-state index < -0.39 is 0 Å². The number of hydrazine groups is 1. The highest BCUT2D eigenvalue weighted by Crippen LogP contribution is 2.36. The molecule has 126 valence electrons. The number of rotatable bonds is 6. The van der Waals surface area contributed by atoms with Crippen LogP contribution in [0.25, 0.3) is 0 Å². The molecule has 1 unspecified atom stereocenters. The Bertz CT molecular complexity index is 567. The topological polar surface area (TPSA) is 84.4 Å². The molecule has 5 N–H and O–H groups in total. The highest BCUT2D eigenvalue weighted by molar-refractivity contribution is 6.30. The maximum Gasteiger partial charge on any atom is 0.226 e. The zero-order chi connectivity index (χ0) is 16.8. The lowest BCUT2D eigenvalue weighted by Crippen LogP contribution is -2.35. The van der Waals surface area contributed by atoms with Crippen LogP contribution >= 0.6 is 11.6 Å². The van der Waals surface area contributed by atoms with Gasteiger partial charge in [0.15, 0.2) is 0 Å². The molecule has 1 amide bonds. The van der Waals surface area contributed by atoms with Gasteiger partial charge >= 0.3 is 0 Å². The average Bonchev–Trinajstić information content (AvgIpc) is 3.04. The summed E-state index contributed by atoms with van der Waals surface area (Å²) in [6, 6.07) is 7.69. The van der Waals surface area contributed by atoms with Crippen LogP contribution in [0.2, 0.25) is 5.02 Å². The number of halogens is 1. The average molecular weight is 337 g/mol. The molecule has 1 saturated carbocycles. The van der Waals surface area contributed by atoms with E-state index in [-0.39, 0.29) is 18.4 Å². The van der Waals surface area contributed by atoms with Crippen molar-refractivity contribution in [2.24, 2.45) is 17.5 Å². The van der Waals surface area contributed by atoms with E-state index in [1.807, 2.05) is 24.3 Å². The van der Waals surface area contributed by atoms with Gasteiger partial charge in [0.1, 0.15) is 0 Å². The highest BCUT2D eigenvalue weighted by Gasteiger charge is 2.28. The van der Waals surface area contributed by atoms with Crippen LogP contribution in [-0.2, 0) is 4.79 Å². The van der Waals surface area contributed by atoms with E-state index >= 15 is 0 Å². The number of nitrogens with zero attached hydrogens (tertiary/aromatic N) is 1. The first-order valence-corrected chi connectivity index (χ1v) is 8.33. The lowest BCUT2D eigenvalue weighted by atomic mass is 9.91. The Morgan fingerprint density at radius 2 is 2.17 bits per heavy atom. The smallest absolute Gasteiger partial charge is 0.226 e. The molecule has 1 atom stereocenters. The molecule has 1 aliphatic rings. The normalized spacial score (nSPS) is 17.1. The molecule has 5 nitrogen and oxygen atoms in total. The predicted octanol–water partition coefficient (Wildman–Crippen LogP) is 2.68. The van der Waals surface area contributed by atoms with Crippen molar-refractivity contribution in [1.29, 1.82) is 0 Å². The molecule has 0 aliphatic heterocycles. The quantitative estimate of drug-likeness (QED) is 0.551. The molecule has 0 spiro atoms. The van der Waals surface area contributed by atoms with Crippen molar-refractivity contribution in [2.75, 3.05) is 7.05 Å². The van der Waals surface area contributed by atoms with Crippen molar-refractivity contribution in [3.05, 3.63) is 46.7 Å². The third kappa shape index (κ3) is 4.88. The largest absolute Gasteiger partial charge is 0.403 e. The van der Waals surface area contributed by atoms with Gasteiger partial charge in [-0.2, -0.15) is 0 Å². The van der Waals surface area contributed by atoms with Gasteiger partial charge < -0.3 is 16.1 Å². The lowest BCUT2D eigenvalue weighted by molar-refractivity contribution is -0.121. The van der Waals surface area contributed by atoms with E-state index in [0.29, 0.717) is 16.6 Å². The molecular weight excluding hydrogens is 312 g/mol. The van der Waals surface area contributed by atoms with E-state index in [1.165, 1.54) is 24.1 Å². The molecule has 2 rings (SSSR count). The first-order chi connectivity index (χ1) is 11.0. The molecule has 1 aliphatic carbocycles. The summed E-state index contributed by atoms with van der Waals surface area (Å²) in [7, 11) is 1.66. The van der Waals surface area contributed by atoms with Gasteiger partial charge in [-0.3, -0.25) is 4.79 Å². The Kier molecular flexibility index (Phi) is 6.30. The fourth-order valence-corrected chi connectivity index (χ4v) is 3.35. The highest BCUT2D eigenvalue weighted by atomic mass is 35.5. The molecule has 23 heavy (non-hydrogen) atoms. The van der Waals surface area contributed by atoms with Crippen molar-refractivity contribution in [2.45, 2.75) is 38.1 Å². The molecule has 0 saturated heterocycles. The Labute approximate surface area is 142 Å². The molecule has 0 bridgehead atoms. The number of nitrogens with one attached hydrogen (secondary N) is 1. The van der Waals surface area contributed by atoms with Crippen LogP contribution in [0.4, 0.5) is 0 Å². The first kappa shape index (κ1) is 17.6. The number of carbonyl (C=O) groups excluding carboxylic acids is 1. The third-order valence-electron chi connectivity index (χ3n) is 4.38. The van der Waals surface area contributed by atoms with E-state index in [1.54, 1.807) is 7.05 Å². The molecule has 0 heterocycles. The van der Waals surface area contributed by atoms with E-state index in [4.69, 9.17) is 23.2 Å². The minimum Gasteiger partial charge on any atom is -0.403 e. The second-order valence-corrected chi connectivity index (χ2v) is 6.53.